The van der Waals surface area contributed by atoms with Crippen LogP contribution in [-0.2, 0) is 10.3 Å². The van der Waals surface area contributed by atoms with Crippen LogP contribution >= 0.6 is 11.6 Å². The van der Waals surface area contributed by atoms with Crippen LogP contribution in [0.4, 0.5) is 11.4 Å². The van der Waals surface area contributed by atoms with Crippen LogP contribution in [0.3, 0.4) is 0 Å². The molecule has 6 rings (SSSR count). The monoisotopic (exact) mass is 487 g/mol. The number of rotatable bonds is 4. The number of nitrogens with one attached hydrogen (secondary N) is 1. The first-order valence-electron chi connectivity index (χ1n) is 11.6. The third-order valence-corrected chi connectivity index (χ3v) is 8.00. The van der Waals surface area contributed by atoms with Gasteiger partial charge < -0.3 is 5.32 Å². The predicted molar refractivity (Wildman–Crippen MR) is 132 cm³/mol. The molecule has 4 atom stereocenters. The van der Waals surface area contributed by atoms with Crippen molar-refractivity contribution in [3.63, 3.8) is 0 Å². The second-order valence-corrected chi connectivity index (χ2v) is 9.84. The lowest BCUT2D eigenvalue weighted by Crippen LogP contribution is -2.52. The standard InChI is InChI=1S/C27H22ClN3O4/c28-18-11-12-21-20(15-18)27(26(33)29-21)24(25(32)16-6-2-1-3-7-16)23(22-10-5-13-30(22)27)17-8-4-9-19(14-17)31(34)35/h1-4,6-9,11-12,14-15,22-24H,5,10,13H2,(H,29,33)/t22-,23-,24+,27-/m1/s1. The van der Waals surface area contributed by atoms with E-state index in [1.807, 2.05) is 12.1 Å². The Morgan fingerprint density at radius 2 is 1.89 bits per heavy atom. The number of ketones is 1. The zero-order valence-corrected chi connectivity index (χ0v) is 19.4. The number of benzene rings is 3. The maximum absolute atomic E-state index is 14.3. The van der Waals surface area contributed by atoms with E-state index < -0.39 is 22.3 Å². The van der Waals surface area contributed by atoms with Gasteiger partial charge >= 0.3 is 0 Å². The normalized spacial score (nSPS) is 27.0. The molecule has 2 fully saturated rings. The Balaban J connectivity index is 1.63. The quantitative estimate of drug-likeness (QED) is 0.312. The molecule has 1 spiro atoms. The fraction of sp³-hybridized carbons (Fsp3) is 0.259. The van der Waals surface area contributed by atoms with Crippen molar-refractivity contribution >= 4 is 34.7 Å². The second-order valence-electron chi connectivity index (χ2n) is 9.40. The summed E-state index contributed by atoms with van der Waals surface area (Å²) in [6.45, 7) is 0.647. The third-order valence-electron chi connectivity index (χ3n) is 7.77. The molecule has 1 N–H and O–H groups in total. The van der Waals surface area contributed by atoms with Gasteiger partial charge in [-0.15, -0.1) is 0 Å². The third kappa shape index (κ3) is 3.08. The van der Waals surface area contributed by atoms with Crippen LogP contribution in [0.1, 0.15) is 40.2 Å². The predicted octanol–water partition coefficient (Wildman–Crippen LogP) is 5.16. The molecule has 3 aliphatic heterocycles. The zero-order chi connectivity index (χ0) is 24.3. The van der Waals surface area contributed by atoms with Crippen LogP contribution in [0.15, 0.2) is 72.8 Å². The minimum atomic E-state index is -1.25. The van der Waals surface area contributed by atoms with Gasteiger partial charge in [-0.2, -0.15) is 0 Å². The number of carbonyl (C=O) groups is 2. The molecule has 8 heteroatoms. The lowest BCUT2D eigenvalue weighted by molar-refractivity contribution is -0.384. The Hall–Kier alpha value is -3.55. The number of carbonyl (C=O) groups excluding carboxylic acids is 2. The number of hydrogen-bond donors (Lipinski definition) is 1. The summed E-state index contributed by atoms with van der Waals surface area (Å²) in [5.74, 6) is -1.58. The van der Waals surface area contributed by atoms with Gasteiger partial charge in [-0.1, -0.05) is 54.1 Å². The number of anilines is 1. The van der Waals surface area contributed by atoms with E-state index in [0.29, 0.717) is 33.9 Å². The van der Waals surface area contributed by atoms with Crippen molar-refractivity contribution in [2.45, 2.75) is 30.3 Å². The summed E-state index contributed by atoms with van der Waals surface area (Å²) in [4.78, 5) is 41.6. The molecule has 0 aliphatic carbocycles. The Kier molecular flexibility index (Phi) is 5.02. The first kappa shape index (κ1) is 21.9. The van der Waals surface area contributed by atoms with Crippen molar-refractivity contribution in [2.24, 2.45) is 5.92 Å². The minimum absolute atomic E-state index is 0.0294. The summed E-state index contributed by atoms with van der Waals surface area (Å²) < 4.78 is 0. The maximum Gasteiger partial charge on any atom is 0.269 e. The average molecular weight is 488 g/mol. The number of nitro groups is 1. The molecule has 0 radical (unpaired) electrons. The molecule has 0 bridgehead atoms. The van der Waals surface area contributed by atoms with Gasteiger partial charge in [0.2, 0.25) is 5.91 Å². The smallest absolute Gasteiger partial charge is 0.269 e. The zero-order valence-electron chi connectivity index (χ0n) is 18.7. The van der Waals surface area contributed by atoms with E-state index in [9.17, 15) is 19.7 Å². The number of halogens is 1. The topological polar surface area (TPSA) is 92.5 Å². The summed E-state index contributed by atoms with van der Waals surface area (Å²) in [6.07, 6.45) is 1.66. The average Bonchev–Trinajstić information content (AvgIpc) is 3.52. The van der Waals surface area contributed by atoms with Gasteiger partial charge in [-0.3, -0.25) is 24.6 Å². The van der Waals surface area contributed by atoms with E-state index in [2.05, 4.69) is 10.2 Å². The number of fused-ring (bicyclic) bond motifs is 4. The van der Waals surface area contributed by atoms with Crippen LogP contribution < -0.4 is 5.32 Å². The number of amides is 1. The molecule has 7 nitrogen and oxygen atoms in total. The highest BCUT2D eigenvalue weighted by molar-refractivity contribution is 6.31. The molecule has 35 heavy (non-hydrogen) atoms. The SMILES string of the molecule is O=C(c1ccccc1)[C@@H]1[C@H](c2cccc([N+](=O)[O-])c2)[C@H]2CCCN2[C@@]12C(=O)Nc1ccc(Cl)cc12. The van der Waals surface area contributed by atoms with Crippen LogP contribution in [0, 0.1) is 16.0 Å². The Morgan fingerprint density at radius 3 is 2.66 bits per heavy atom. The molecule has 1 amide bonds. The lowest BCUT2D eigenvalue weighted by atomic mass is 9.68. The second kappa shape index (κ2) is 8.00. The highest BCUT2D eigenvalue weighted by Gasteiger charge is 2.69. The van der Waals surface area contributed by atoms with Crippen molar-refractivity contribution < 1.29 is 14.5 Å². The molecular weight excluding hydrogens is 466 g/mol. The number of nitrogens with zero attached hydrogens (tertiary/aromatic N) is 2. The van der Waals surface area contributed by atoms with Crippen LogP contribution in [-0.4, -0.2) is 34.1 Å². The first-order valence-corrected chi connectivity index (χ1v) is 12.0. The van der Waals surface area contributed by atoms with E-state index in [1.165, 1.54) is 6.07 Å². The van der Waals surface area contributed by atoms with Crippen molar-refractivity contribution in [3.05, 3.63) is 105 Å². The van der Waals surface area contributed by atoms with E-state index >= 15 is 0 Å². The molecule has 176 valence electrons. The molecule has 0 saturated carbocycles. The highest BCUT2D eigenvalue weighted by atomic mass is 35.5. The molecule has 3 aliphatic rings. The van der Waals surface area contributed by atoms with Gasteiger partial charge in [-0.05, 0) is 43.1 Å². The molecular formula is C27H22ClN3O4. The van der Waals surface area contributed by atoms with Crippen molar-refractivity contribution in [1.82, 2.24) is 4.90 Å². The van der Waals surface area contributed by atoms with Gasteiger partial charge in [0, 0.05) is 45.9 Å². The largest absolute Gasteiger partial charge is 0.324 e. The van der Waals surface area contributed by atoms with Crippen molar-refractivity contribution in [2.75, 3.05) is 11.9 Å². The summed E-state index contributed by atoms with van der Waals surface area (Å²) in [5.41, 5.74) is 1.28. The summed E-state index contributed by atoms with van der Waals surface area (Å²) in [6, 6.07) is 20.6. The maximum atomic E-state index is 14.3. The van der Waals surface area contributed by atoms with Gasteiger partial charge in [0.25, 0.3) is 5.69 Å². The summed E-state index contributed by atoms with van der Waals surface area (Å²) in [7, 11) is 0. The van der Waals surface area contributed by atoms with Gasteiger partial charge in [0.1, 0.15) is 5.54 Å². The van der Waals surface area contributed by atoms with Crippen LogP contribution in [0.25, 0.3) is 0 Å². The first-order chi connectivity index (χ1) is 16.9. The van der Waals surface area contributed by atoms with E-state index in [0.717, 1.165) is 12.8 Å². The molecule has 0 unspecified atom stereocenters. The van der Waals surface area contributed by atoms with Crippen molar-refractivity contribution in [3.8, 4) is 0 Å². The number of hydrogen-bond acceptors (Lipinski definition) is 5. The molecule has 2 saturated heterocycles. The molecule has 3 aromatic rings. The molecule has 0 aromatic heterocycles. The van der Waals surface area contributed by atoms with E-state index in [-0.39, 0.29) is 23.4 Å². The summed E-state index contributed by atoms with van der Waals surface area (Å²) >= 11 is 6.41. The minimum Gasteiger partial charge on any atom is -0.324 e. The number of nitro benzene ring substituents is 1. The molecule has 3 aromatic carbocycles. The Bertz CT molecular complexity index is 1380. The fourth-order valence-corrected chi connectivity index (χ4v) is 6.71. The Labute approximate surface area is 206 Å². The number of non-ortho nitro benzene ring substituents is 1. The van der Waals surface area contributed by atoms with E-state index in [1.54, 1.807) is 54.6 Å². The van der Waals surface area contributed by atoms with Crippen LogP contribution in [0.5, 0.6) is 0 Å². The van der Waals surface area contributed by atoms with Gasteiger partial charge in [0.05, 0.1) is 10.8 Å². The van der Waals surface area contributed by atoms with Crippen molar-refractivity contribution in [1.29, 1.82) is 0 Å². The summed E-state index contributed by atoms with van der Waals surface area (Å²) in [5, 5.41) is 15.1. The van der Waals surface area contributed by atoms with Gasteiger partial charge in [0.15, 0.2) is 5.78 Å². The fourth-order valence-electron chi connectivity index (χ4n) is 6.53. The van der Waals surface area contributed by atoms with Gasteiger partial charge in [-0.25, -0.2) is 0 Å². The highest BCUT2D eigenvalue weighted by Crippen LogP contribution is 2.61. The number of Topliss-reactive ketones (excluding diaryl/α,β-unsaturated/α-hetero) is 1. The van der Waals surface area contributed by atoms with Crippen LogP contribution in [0.2, 0.25) is 5.02 Å². The lowest BCUT2D eigenvalue weighted by Gasteiger charge is -2.37. The Morgan fingerprint density at radius 1 is 1.09 bits per heavy atom. The molecule has 3 heterocycles. The van der Waals surface area contributed by atoms with E-state index in [4.69, 9.17) is 11.6 Å².